The van der Waals surface area contributed by atoms with Crippen LogP contribution in [-0.2, 0) is 20.1 Å². The van der Waals surface area contributed by atoms with E-state index in [4.69, 9.17) is 4.74 Å². The average molecular weight is 243 g/mol. The van der Waals surface area contributed by atoms with Crippen LogP contribution in [0, 0.1) is 0 Å². The summed E-state index contributed by atoms with van der Waals surface area (Å²) < 4.78 is 7.23. The van der Waals surface area contributed by atoms with Crippen molar-refractivity contribution in [3.05, 3.63) is 64.1 Å². The first-order valence-corrected chi connectivity index (χ1v) is 6.07. The zero-order valence-electron chi connectivity index (χ0n) is 10.7. The molecule has 0 spiro atoms. The molecule has 0 aliphatic carbocycles. The summed E-state index contributed by atoms with van der Waals surface area (Å²) in [5, 5.41) is 0. The van der Waals surface area contributed by atoms with Crippen LogP contribution in [0.5, 0.6) is 5.75 Å². The molecule has 1 heterocycles. The van der Waals surface area contributed by atoms with Crippen LogP contribution in [0.4, 0.5) is 0 Å². The molecule has 0 aliphatic heterocycles. The zero-order valence-corrected chi connectivity index (χ0v) is 10.7. The highest BCUT2D eigenvalue weighted by molar-refractivity contribution is 5.30. The van der Waals surface area contributed by atoms with E-state index in [1.54, 1.807) is 17.8 Å². The Bertz CT molecular complexity index is 573. The summed E-state index contributed by atoms with van der Waals surface area (Å²) in [6, 6.07) is 11.8. The Morgan fingerprint density at radius 1 is 1.17 bits per heavy atom. The lowest BCUT2D eigenvalue weighted by Gasteiger charge is -2.11. The van der Waals surface area contributed by atoms with Crippen LogP contribution in [-0.4, -0.2) is 4.57 Å². The summed E-state index contributed by atoms with van der Waals surface area (Å²) in [4.78, 5) is 12.0. The minimum atomic E-state index is -0.0784. The Morgan fingerprint density at radius 3 is 2.56 bits per heavy atom. The van der Waals surface area contributed by atoms with E-state index in [0.29, 0.717) is 12.4 Å². The van der Waals surface area contributed by atoms with Gasteiger partial charge in [-0.2, -0.15) is 0 Å². The third kappa shape index (κ3) is 2.62. The summed E-state index contributed by atoms with van der Waals surface area (Å²) >= 11 is 0. The van der Waals surface area contributed by atoms with Crippen molar-refractivity contribution in [1.29, 1.82) is 0 Å². The van der Waals surface area contributed by atoms with Gasteiger partial charge in [-0.05, 0) is 18.1 Å². The SMILES string of the molecule is CCc1ccn(C)c(=O)c1OCc1ccccc1. The maximum atomic E-state index is 12.0. The lowest BCUT2D eigenvalue weighted by Crippen LogP contribution is -2.20. The molecule has 0 amide bonds. The Hall–Kier alpha value is -2.03. The van der Waals surface area contributed by atoms with Crippen molar-refractivity contribution >= 4 is 0 Å². The first-order valence-electron chi connectivity index (χ1n) is 6.07. The summed E-state index contributed by atoms with van der Waals surface area (Å²) in [5.74, 6) is 0.464. The van der Waals surface area contributed by atoms with Gasteiger partial charge in [0, 0.05) is 18.8 Å². The fourth-order valence-corrected chi connectivity index (χ4v) is 1.81. The molecule has 0 atom stereocenters. The molecule has 0 saturated carbocycles. The molecule has 2 rings (SSSR count). The van der Waals surface area contributed by atoms with E-state index < -0.39 is 0 Å². The molecule has 18 heavy (non-hydrogen) atoms. The third-order valence-corrected chi connectivity index (χ3v) is 2.91. The van der Waals surface area contributed by atoms with Crippen molar-refractivity contribution in [1.82, 2.24) is 4.57 Å². The van der Waals surface area contributed by atoms with Crippen LogP contribution in [0.15, 0.2) is 47.4 Å². The highest BCUT2D eigenvalue weighted by Gasteiger charge is 2.08. The van der Waals surface area contributed by atoms with E-state index in [-0.39, 0.29) is 5.56 Å². The lowest BCUT2D eigenvalue weighted by molar-refractivity contribution is 0.296. The number of hydrogen-bond donors (Lipinski definition) is 0. The first-order chi connectivity index (χ1) is 8.72. The molecule has 0 saturated heterocycles. The van der Waals surface area contributed by atoms with Crippen LogP contribution in [0.3, 0.4) is 0 Å². The smallest absolute Gasteiger partial charge is 0.292 e. The number of pyridine rings is 1. The second-order valence-corrected chi connectivity index (χ2v) is 4.21. The van der Waals surface area contributed by atoms with Gasteiger partial charge in [0.1, 0.15) is 6.61 Å². The highest BCUT2D eigenvalue weighted by atomic mass is 16.5. The van der Waals surface area contributed by atoms with Crippen LogP contribution in [0.1, 0.15) is 18.1 Å². The van der Waals surface area contributed by atoms with E-state index in [0.717, 1.165) is 17.5 Å². The second-order valence-electron chi connectivity index (χ2n) is 4.21. The third-order valence-electron chi connectivity index (χ3n) is 2.91. The van der Waals surface area contributed by atoms with Crippen molar-refractivity contribution in [2.75, 3.05) is 0 Å². The van der Waals surface area contributed by atoms with E-state index in [1.165, 1.54) is 0 Å². The minimum Gasteiger partial charge on any atom is -0.483 e. The van der Waals surface area contributed by atoms with E-state index in [2.05, 4.69) is 0 Å². The molecule has 0 unspecified atom stereocenters. The topological polar surface area (TPSA) is 31.2 Å². The monoisotopic (exact) mass is 243 g/mol. The van der Waals surface area contributed by atoms with Gasteiger partial charge >= 0.3 is 0 Å². The molecule has 1 aromatic carbocycles. The second kappa shape index (κ2) is 5.54. The van der Waals surface area contributed by atoms with E-state index in [1.807, 2.05) is 43.3 Å². The Labute approximate surface area is 107 Å². The van der Waals surface area contributed by atoms with Gasteiger partial charge in [-0.1, -0.05) is 37.3 Å². The Morgan fingerprint density at radius 2 is 1.89 bits per heavy atom. The summed E-state index contributed by atoms with van der Waals surface area (Å²) in [6.07, 6.45) is 2.57. The molecule has 3 nitrogen and oxygen atoms in total. The number of hydrogen-bond acceptors (Lipinski definition) is 2. The molecule has 0 fully saturated rings. The van der Waals surface area contributed by atoms with Crippen molar-refractivity contribution in [3.8, 4) is 5.75 Å². The maximum absolute atomic E-state index is 12.0. The van der Waals surface area contributed by atoms with Gasteiger partial charge in [-0.25, -0.2) is 0 Å². The van der Waals surface area contributed by atoms with Gasteiger partial charge in [0.15, 0.2) is 5.75 Å². The number of rotatable bonds is 4. The fourth-order valence-electron chi connectivity index (χ4n) is 1.81. The molecule has 0 radical (unpaired) electrons. The maximum Gasteiger partial charge on any atom is 0.292 e. The average Bonchev–Trinajstić information content (AvgIpc) is 2.41. The van der Waals surface area contributed by atoms with E-state index in [9.17, 15) is 4.79 Å². The molecular weight excluding hydrogens is 226 g/mol. The lowest BCUT2D eigenvalue weighted by atomic mass is 10.2. The van der Waals surface area contributed by atoms with Gasteiger partial charge in [0.2, 0.25) is 0 Å². The molecule has 94 valence electrons. The predicted octanol–water partition coefficient (Wildman–Crippen LogP) is 2.53. The number of nitrogens with zero attached hydrogens (tertiary/aromatic N) is 1. The molecule has 3 heteroatoms. The van der Waals surface area contributed by atoms with Crippen LogP contribution in [0.25, 0.3) is 0 Å². The molecular formula is C15H17NO2. The number of aromatic nitrogens is 1. The van der Waals surface area contributed by atoms with Gasteiger partial charge in [-0.15, -0.1) is 0 Å². The standard InChI is InChI=1S/C15H17NO2/c1-3-13-9-10-16(2)15(17)14(13)18-11-12-7-5-4-6-8-12/h4-10H,3,11H2,1-2H3. The van der Waals surface area contributed by atoms with Crippen LogP contribution >= 0.6 is 0 Å². The molecule has 1 aromatic heterocycles. The van der Waals surface area contributed by atoms with Gasteiger partial charge in [-0.3, -0.25) is 4.79 Å². The van der Waals surface area contributed by atoms with Crippen molar-refractivity contribution in [2.24, 2.45) is 7.05 Å². The van der Waals surface area contributed by atoms with Crippen molar-refractivity contribution in [2.45, 2.75) is 20.0 Å². The van der Waals surface area contributed by atoms with E-state index >= 15 is 0 Å². The summed E-state index contributed by atoms with van der Waals surface area (Å²) in [7, 11) is 1.73. The highest BCUT2D eigenvalue weighted by Crippen LogP contribution is 2.14. The first kappa shape index (κ1) is 12.4. The van der Waals surface area contributed by atoms with Crippen molar-refractivity contribution in [3.63, 3.8) is 0 Å². The van der Waals surface area contributed by atoms with Crippen molar-refractivity contribution < 1.29 is 4.74 Å². The Kier molecular flexibility index (Phi) is 3.82. The fraction of sp³-hybridized carbons (Fsp3) is 0.267. The van der Waals surface area contributed by atoms with Gasteiger partial charge in [0.25, 0.3) is 5.56 Å². The number of ether oxygens (including phenoxy) is 1. The molecule has 0 N–H and O–H groups in total. The summed E-state index contributed by atoms with van der Waals surface area (Å²) in [5.41, 5.74) is 1.93. The largest absolute Gasteiger partial charge is 0.483 e. The zero-order chi connectivity index (χ0) is 13.0. The van der Waals surface area contributed by atoms with Gasteiger partial charge < -0.3 is 9.30 Å². The quantitative estimate of drug-likeness (QED) is 0.826. The number of benzene rings is 1. The normalized spacial score (nSPS) is 10.3. The molecule has 2 aromatic rings. The van der Waals surface area contributed by atoms with Crippen LogP contribution < -0.4 is 10.3 Å². The van der Waals surface area contributed by atoms with Crippen LogP contribution in [0.2, 0.25) is 0 Å². The predicted molar refractivity (Wildman–Crippen MR) is 71.8 cm³/mol. The number of aryl methyl sites for hydroxylation is 2. The molecule has 0 aliphatic rings. The minimum absolute atomic E-state index is 0.0784. The molecule has 0 bridgehead atoms. The Balaban J connectivity index is 2.24. The van der Waals surface area contributed by atoms with Gasteiger partial charge in [0.05, 0.1) is 0 Å². The summed E-state index contributed by atoms with van der Waals surface area (Å²) in [6.45, 7) is 2.44.